The largest absolute Gasteiger partial charge is 0.333 e. The van der Waals surface area contributed by atoms with E-state index in [9.17, 15) is 23.2 Å². The number of halogens is 2. The molecule has 0 saturated heterocycles. The van der Waals surface area contributed by atoms with Crippen LogP contribution < -0.4 is 0 Å². The topological polar surface area (TPSA) is 60.9 Å². The van der Waals surface area contributed by atoms with Gasteiger partial charge < -0.3 is 9.80 Å². The molecule has 0 spiro atoms. The molecule has 3 aromatic rings. The Kier molecular flexibility index (Phi) is 7.02. The molecule has 6 nitrogen and oxygen atoms in total. The second kappa shape index (κ2) is 10.1. The molecule has 1 aliphatic heterocycles. The van der Waals surface area contributed by atoms with Crippen LogP contribution in [0, 0.1) is 11.6 Å². The van der Waals surface area contributed by atoms with Gasteiger partial charge in [0.15, 0.2) is 0 Å². The first kappa shape index (κ1) is 24.2. The molecule has 8 heteroatoms. The SMILES string of the molecule is CN(C)CCN(Cc1ccc(F)cc1F)C(=O)c1cccc(CN2C(=O)c3ccccc3C2=O)c1. The molecular weight excluding hydrogens is 452 g/mol. The Labute approximate surface area is 202 Å². The lowest BCUT2D eigenvalue weighted by Gasteiger charge is -2.25. The fourth-order valence-corrected chi connectivity index (χ4v) is 3.98. The van der Waals surface area contributed by atoms with Gasteiger partial charge in [-0.25, -0.2) is 8.78 Å². The summed E-state index contributed by atoms with van der Waals surface area (Å²) in [6, 6.07) is 16.6. The zero-order valence-corrected chi connectivity index (χ0v) is 19.5. The van der Waals surface area contributed by atoms with Crippen LogP contribution in [0.3, 0.4) is 0 Å². The number of carbonyl (C=O) groups excluding carboxylic acids is 3. The van der Waals surface area contributed by atoms with Crippen molar-refractivity contribution in [3.63, 3.8) is 0 Å². The summed E-state index contributed by atoms with van der Waals surface area (Å²) >= 11 is 0. The predicted octanol–water partition coefficient (Wildman–Crippen LogP) is 3.97. The van der Waals surface area contributed by atoms with Crippen LogP contribution in [0.25, 0.3) is 0 Å². The van der Waals surface area contributed by atoms with Crippen molar-refractivity contribution in [2.45, 2.75) is 13.1 Å². The highest BCUT2D eigenvalue weighted by atomic mass is 19.1. The summed E-state index contributed by atoms with van der Waals surface area (Å²) in [5.41, 5.74) is 1.90. The minimum atomic E-state index is -0.716. The number of amides is 3. The highest BCUT2D eigenvalue weighted by molar-refractivity contribution is 6.21. The summed E-state index contributed by atoms with van der Waals surface area (Å²) in [5.74, 6) is -2.48. The Morgan fingerprint density at radius 2 is 1.54 bits per heavy atom. The number of benzene rings is 3. The zero-order chi connectivity index (χ0) is 25.1. The van der Waals surface area contributed by atoms with Crippen molar-refractivity contribution >= 4 is 17.7 Å². The number of hydrogen-bond acceptors (Lipinski definition) is 4. The fourth-order valence-electron chi connectivity index (χ4n) is 3.98. The van der Waals surface area contributed by atoms with Gasteiger partial charge >= 0.3 is 0 Å². The van der Waals surface area contributed by atoms with Gasteiger partial charge in [0.05, 0.1) is 17.7 Å². The molecule has 180 valence electrons. The van der Waals surface area contributed by atoms with Crippen LogP contribution in [0.4, 0.5) is 8.78 Å². The Morgan fingerprint density at radius 3 is 2.17 bits per heavy atom. The van der Waals surface area contributed by atoms with E-state index in [1.54, 1.807) is 48.5 Å². The Bertz CT molecular complexity index is 1260. The normalized spacial score (nSPS) is 12.9. The van der Waals surface area contributed by atoms with Crippen LogP contribution in [-0.4, -0.2) is 59.6 Å². The average Bonchev–Trinajstić information content (AvgIpc) is 3.07. The minimum absolute atomic E-state index is 0.0256. The van der Waals surface area contributed by atoms with Gasteiger partial charge in [-0.15, -0.1) is 0 Å². The fraction of sp³-hybridized carbons (Fsp3) is 0.222. The van der Waals surface area contributed by atoms with Crippen LogP contribution in [0.1, 0.15) is 42.2 Å². The molecule has 0 saturated carbocycles. The van der Waals surface area contributed by atoms with Gasteiger partial charge in [-0.2, -0.15) is 0 Å². The maximum absolute atomic E-state index is 14.3. The summed E-state index contributed by atoms with van der Waals surface area (Å²) in [6.45, 7) is 0.869. The molecule has 0 N–H and O–H groups in total. The van der Waals surface area contributed by atoms with E-state index >= 15 is 0 Å². The van der Waals surface area contributed by atoms with Crippen LogP contribution in [0.2, 0.25) is 0 Å². The summed E-state index contributed by atoms with van der Waals surface area (Å²) < 4.78 is 27.6. The molecular formula is C27H25F2N3O3. The molecule has 3 aromatic carbocycles. The van der Waals surface area contributed by atoms with Gasteiger partial charge in [0.2, 0.25) is 0 Å². The van der Waals surface area contributed by atoms with E-state index in [2.05, 4.69) is 0 Å². The highest BCUT2D eigenvalue weighted by Crippen LogP contribution is 2.25. The van der Waals surface area contributed by atoms with Crippen LogP contribution in [-0.2, 0) is 13.1 Å². The maximum Gasteiger partial charge on any atom is 0.261 e. The Morgan fingerprint density at radius 1 is 0.857 bits per heavy atom. The molecule has 0 radical (unpaired) electrons. The average molecular weight is 478 g/mol. The summed E-state index contributed by atoms with van der Waals surface area (Å²) in [6.07, 6.45) is 0. The van der Waals surface area contributed by atoms with Crippen molar-refractivity contribution in [1.82, 2.24) is 14.7 Å². The van der Waals surface area contributed by atoms with Crippen molar-refractivity contribution in [3.05, 3.63) is 106 Å². The van der Waals surface area contributed by atoms with Crippen molar-refractivity contribution in [1.29, 1.82) is 0 Å². The quantitative estimate of drug-likeness (QED) is 0.461. The molecule has 0 aromatic heterocycles. The number of fused-ring (bicyclic) bond motifs is 1. The predicted molar refractivity (Wildman–Crippen MR) is 127 cm³/mol. The lowest BCUT2D eigenvalue weighted by molar-refractivity contribution is 0.0642. The van der Waals surface area contributed by atoms with E-state index in [0.717, 1.165) is 17.0 Å². The third-order valence-electron chi connectivity index (χ3n) is 5.87. The van der Waals surface area contributed by atoms with Crippen molar-refractivity contribution in [2.24, 2.45) is 0 Å². The number of hydrogen-bond donors (Lipinski definition) is 0. The first-order chi connectivity index (χ1) is 16.7. The smallest absolute Gasteiger partial charge is 0.261 e. The lowest BCUT2D eigenvalue weighted by Crippen LogP contribution is -2.36. The zero-order valence-electron chi connectivity index (χ0n) is 19.5. The number of carbonyl (C=O) groups is 3. The standard InChI is InChI=1S/C27H25F2N3O3/c1-30(2)12-13-31(17-20-10-11-21(28)15-24(20)29)25(33)19-7-5-6-18(14-19)16-32-26(34)22-8-3-4-9-23(22)27(32)35/h3-11,14-15H,12-13,16-17H2,1-2H3. The van der Waals surface area contributed by atoms with Crippen molar-refractivity contribution in [3.8, 4) is 0 Å². The highest BCUT2D eigenvalue weighted by Gasteiger charge is 2.35. The molecule has 1 heterocycles. The molecule has 35 heavy (non-hydrogen) atoms. The lowest BCUT2D eigenvalue weighted by atomic mass is 10.1. The minimum Gasteiger partial charge on any atom is -0.333 e. The summed E-state index contributed by atoms with van der Waals surface area (Å²) in [7, 11) is 3.73. The van der Waals surface area contributed by atoms with E-state index in [1.165, 1.54) is 11.0 Å². The number of likely N-dealkylation sites (N-methyl/N-ethyl adjacent to an activating group) is 1. The van der Waals surface area contributed by atoms with Crippen LogP contribution in [0.15, 0.2) is 66.7 Å². The van der Waals surface area contributed by atoms with Gasteiger partial charge in [0, 0.05) is 36.8 Å². The third-order valence-corrected chi connectivity index (χ3v) is 5.87. The second-order valence-electron chi connectivity index (χ2n) is 8.71. The summed E-state index contributed by atoms with van der Waals surface area (Å²) in [4.78, 5) is 43.4. The van der Waals surface area contributed by atoms with E-state index in [-0.39, 0.29) is 36.4 Å². The summed E-state index contributed by atoms with van der Waals surface area (Å²) in [5, 5.41) is 0. The van der Waals surface area contributed by atoms with Crippen LogP contribution >= 0.6 is 0 Å². The van der Waals surface area contributed by atoms with Gasteiger partial charge in [-0.1, -0.05) is 30.3 Å². The van der Waals surface area contributed by atoms with E-state index in [4.69, 9.17) is 0 Å². The molecule has 0 bridgehead atoms. The van der Waals surface area contributed by atoms with E-state index in [1.807, 2.05) is 19.0 Å². The first-order valence-corrected chi connectivity index (χ1v) is 11.2. The molecule has 0 fully saturated rings. The molecule has 0 atom stereocenters. The molecule has 4 rings (SSSR count). The van der Waals surface area contributed by atoms with Gasteiger partial charge in [0.25, 0.3) is 17.7 Å². The Hall–Kier alpha value is -3.91. The monoisotopic (exact) mass is 477 g/mol. The van der Waals surface area contributed by atoms with E-state index in [0.29, 0.717) is 35.3 Å². The second-order valence-corrected chi connectivity index (χ2v) is 8.71. The molecule has 0 aliphatic carbocycles. The van der Waals surface area contributed by atoms with Gasteiger partial charge in [-0.05, 0) is 50.0 Å². The number of imide groups is 1. The number of nitrogens with zero attached hydrogens (tertiary/aromatic N) is 3. The van der Waals surface area contributed by atoms with Crippen molar-refractivity contribution in [2.75, 3.05) is 27.2 Å². The van der Waals surface area contributed by atoms with Crippen molar-refractivity contribution < 1.29 is 23.2 Å². The van der Waals surface area contributed by atoms with Crippen LogP contribution in [0.5, 0.6) is 0 Å². The molecule has 3 amide bonds. The molecule has 1 aliphatic rings. The third kappa shape index (κ3) is 5.27. The number of rotatable bonds is 8. The molecule has 0 unspecified atom stereocenters. The maximum atomic E-state index is 14.3. The Balaban J connectivity index is 1.55. The van der Waals surface area contributed by atoms with Gasteiger partial charge in [-0.3, -0.25) is 19.3 Å². The van der Waals surface area contributed by atoms with Gasteiger partial charge in [0.1, 0.15) is 11.6 Å². The van der Waals surface area contributed by atoms with E-state index < -0.39 is 11.6 Å². The first-order valence-electron chi connectivity index (χ1n) is 11.2.